The third-order valence-corrected chi connectivity index (χ3v) is 1.74. The summed E-state index contributed by atoms with van der Waals surface area (Å²) < 4.78 is 4.90. The first kappa shape index (κ1) is 8.34. The van der Waals surface area contributed by atoms with Crippen molar-refractivity contribution >= 4 is 11.6 Å². The average molecular weight is 172 g/mol. The van der Waals surface area contributed by atoms with E-state index in [9.17, 15) is 0 Å². The molecule has 60 valence electrons. The van der Waals surface area contributed by atoms with Crippen LogP contribution in [-0.2, 0) is 6.42 Å². The molecule has 0 aliphatic rings. The molecular weight excluding hydrogens is 162 g/mol. The van der Waals surface area contributed by atoms with Crippen LogP contribution in [0.25, 0.3) is 0 Å². The second kappa shape index (κ2) is 3.58. The Bertz CT molecular complexity index is 250. The minimum Gasteiger partial charge on any atom is -0.480 e. The molecule has 0 fully saturated rings. The molecule has 1 aromatic heterocycles. The van der Waals surface area contributed by atoms with Crippen molar-refractivity contribution in [3.63, 3.8) is 0 Å². The van der Waals surface area contributed by atoms with E-state index in [1.54, 1.807) is 13.3 Å². The minimum atomic E-state index is 0.490. The van der Waals surface area contributed by atoms with Gasteiger partial charge in [-0.3, -0.25) is 0 Å². The number of rotatable bonds is 2. The maximum atomic E-state index is 5.82. The fourth-order valence-corrected chi connectivity index (χ4v) is 1.07. The van der Waals surface area contributed by atoms with E-state index in [4.69, 9.17) is 16.3 Å². The highest BCUT2D eigenvalue weighted by Gasteiger charge is 2.00. The lowest BCUT2D eigenvalue weighted by Crippen LogP contribution is -1.90. The Morgan fingerprint density at radius 3 is 2.82 bits per heavy atom. The Morgan fingerprint density at radius 2 is 2.36 bits per heavy atom. The molecule has 0 aliphatic carbocycles. The Hall–Kier alpha value is -0.760. The highest BCUT2D eigenvalue weighted by Crippen LogP contribution is 2.21. The first-order valence-electron chi connectivity index (χ1n) is 3.46. The first-order valence-corrected chi connectivity index (χ1v) is 3.84. The quantitative estimate of drug-likeness (QED) is 0.682. The summed E-state index contributed by atoms with van der Waals surface area (Å²) in [5, 5.41) is 0.576. The van der Waals surface area contributed by atoms with Crippen LogP contribution < -0.4 is 4.74 Å². The van der Waals surface area contributed by atoms with E-state index in [2.05, 4.69) is 11.9 Å². The highest BCUT2D eigenvalue weighted by molar-refractivity contribution is 6.31. The topological polar surface area (TPSA) is 22.1 Å². The molecule has 1 aromatic rings. The van der Waals surface area contributed by atoms with E-state index in [1.165, 1.54) is 0 Å². The lowest BCUT2D eigenvalue weighted by atomic mass is 10.2. The van der Waals surface area contributed by atoms with Gasteiger partial charge in [-0.2, -0.15) is 0 Å². The lowest BCUT2D eigenvalue weighted by Gasteiger charge is -2.01. The first-order chi connectivity index (χ1) is 5.27. The van der Waals surface area contributed by atoms with E-state index in [0.717, 1.165) is 12.0 Å². The normalized spacial score (nSPS) is 9.73. The molecular formula is C8H10ClNO. The highest BCUT2D eigenvalue weighted by atomic mass is 35.5. The number of hydrogen-bond acceptors (Lipinski definition) is 2. The third kappa shape index (κ3) is 1.84. The fraction of sp³-hybridized carbons (Fsp3) is 0.375. The van der Waals surface area contributed by atoms with Gasteiger partial charge in [0.05, 0.1) is 7.11 Å². The van der Waals surface area contributed by atoms with Crippen LogP contribution in [0, 0.1) is 0 Å². The molecule has 0 atom stereocenters. The van der Waals surface area contributed by atoms with Crippen LogP contribution >= 0.6 is 11.6 Å². The van der Waals surface area contributed by atoms with Crippen LogP contribution in [0.1, 0.15) is 12.5 Å². The molecule has 0 aromatic carbocycles. The Morgan fingerprint density at radius 1 is 1.64 bits per heavy atom. The van der Waals surface area contributed by atoms with E-state index in [0.29, 0.717) is 10.9 Å². The van der Waals surface area contributed by atoms with Crippen molar-refractivity contribution in [2.45, 2.75) is 13.3 Å². The summed E-state index contributed by atoms with van der Waals surface area (Å²) in [5.74, 6) is 0.490. The number of nitrogens with zero attached hydrogens (tertiary/aromatic N) is 1. The Labute approximate surface area is 71.2 Å². The molecule has 0 aliphatic heterocycles. The zero-order valence-electron chi connectivity index (χ0n) is 6.60. The van der Waals surface area contributed by atoms with Gasteiger partial charge in [-0.1, -0.05) is 18.5 Å². The third-order valence-electron chi connectivity index (χ3n) is 1.47. The SMILES string of the molecule is CCc1cnc(OC)c(Cl)c1. The van der Waals surface area contributed by atoms with Gasteiger partial charge in [0.15, 0.2) is 0 Å². The van der Waals surface area contributed by atoms with Crippen molar-refractivity contribution in [1.29, 1.82) is 0 Å². The van der Waals surface area contributed by atoms with Gasteiger partial charge >= 0.3 is 0 Å². The summed E-state index contributed by atoms with van der Waals surface area (Å²) in [5.41, 5.74) is 1.12. The largest absolute Gasteiger partial charge is 0.480 e. The van der Waals surface area contributed by atoms with E-state index < -0.39 is 0 Å². The molecule has 0 amide bonds. The van der Waals surface area contributed by atoms with Crippen LogP contribution in [0.3, 0.4) is 0 Å². The van der Waals surface area contributed by atoms with Gasteiger partial charge in [0.1, 0.15) is 5.02 Å². The van der Waals surface area contributed by atoms with Gasteiger partial charge in [0, 0.05) is 6.20 Å². The van der Waals surface area contributed by atoms with E-state index in [-0.39, 0.29) is 0 Å². The second-order valence-corrected chi connectivity index (χ2v) is 2.60. The average Bonchev–Trinajstić information content (AvgIpc) is 2.04. The Balaban J connectivity index is 2.99. The van der Waals surface area contributed by atoms with Crippen LogP contribution in [0.5, 0.6) is 5.88 Å². The molecule has 0 saturated carbocycles. The molecule has 0 unspecified atom stereocenters. The van der Waals surface area contributed by atoms with Gasteiger partial charge in [0.25, 0.3) is 0 Å². The molecule has 0 radical (unpaired) electrons. The number of pyridine rings is 1. The number of methoxy groups -OCH3 is 1. The van der Waals surface area contributed by atoms with Crippen molar-refractivity contribution in [3.05, 3.63) is 22.8 Å². The summed E-state index contributed by atoms with van der Waals surface area (Å²) in [4.78, 5) is 4.01. The van der Waals surface area contributed by atoms with E-state index >= 15 is 0 Å². The van der Waals surface area contributed by atoms with Crippen molar-refractivity contribution in [2.75, 3.05) is 7.11 Å². The van der Waals surface area contributed by atoms with Crippen molar-refractivity contribution < 1.29 is 4.74 Å². The van der Waals surface area contributed by atoms with Gasteiger partial charge in [0.2, 0.25) is 5.88 Å². The summed E-state index contributed by atoms with van der Waals surface area (Å²) in [6.45, 7) is 2.06. The maximum absolute atomic E-state index is 5.82. The molecule has 3 heteroatoms. The van der Waals surface area contributed by atoms with Crippen LogP contribution in [0.2, 0.25) is 5.02 Å². The summed E-state index contributed by atoms with van der Waals surface area (Å²) in [7, 11) is 1.56. The Kier molecular flexibility index (Phi) is 2.71. The smallest absolute Gasteiger partial charge is 0.232 e. The predicted molar refractivity (Wildman–Crippen MR) is 45.2 cm³/mol. The van der Waals surface area contributed by atoms with Crippen molar-refractivity contribution in [1.82, 2.24) is 4.98 Å². The van der Waals surface area contributed by atoms with Gasteiger partial charge < -0.3 is 4.74 Å². The maximum Gasteiger partial charge on any atom is 0.232 e. The van der Waals surface area contributed by atoms with E-state index in [1.807, 2.05) is 6.07 Å². The minimum absolute atomic E-state index is 0.490. The summed E-state index contributed by atoms with van der Waals surface area (Å²) >= 11 is 5.82. The summed E-state index contributed by atoms with van der Waals surface area (Å²) in [6.07, 6.45) is 2.71. The second-order valence-electron chi connectivity index (χ2n) is 2.19. The molecule has 0 bridgehead atoms. The number of aromatic nitrogens is 1. The van der Waals surface area contributed by atoms with Gasteiger partial charge in [-0.05, 0) is 18.1 Å². The molecule has 11 heavy (non-hydrogen) atoms. The number of ether oxygens (including phenoxy) is 1. The molecule has 1 rings (SSSR count). The molecule has 2 nitrogen and oxygen atoms in total. The standard InChI is InChI=1S/C8H10ClNO/c1-3-6-4-7(9)8(11-2)10-5-6/h4-5H,3H2,1-2H3. The monoisotopic (exact) mass is 171 g/mol. The fourth-order valence-electron chi connectivity index (χ4n) is 0.809. The number of halogens is 1. The van der Waals surface area contributed by atoms with Gasteiger partial charge in [-0.15, -0.1) is 0 Å². The van der Waals surface area contributed by atoms with Crippen molar-refractivity contribution in [2.24, 2.45) is 0 Å². The zero-order valence-corrected chi connectivity index (χ0v) is 7.35. The number of aryl methyl sites for hydroxylation is 1. The number of hydrogen-bond donors (Lipinski definition) is 0. The zero-order chi connectivity index (χ0) is 8.27. The molecule has 0 spiro atoms. The van der Waals surface area contributed by atoms with Crippen LogP contribution in [-0.4, -0.2) is 12.1 Å². The van der Waals surface area contributed by atoms with Crippen LogP contribution in [0.15, 0.2) is 12.3 Å². The van der Waals surface area contributed by atoms with Crippen molar-refractivity contribution in [3.8, 4) is 5.88 Å². The van der Waals surface area contributed by atoms with Gasteiger partial charge in [-0.25, -0.2) is 4.98 Å². The lowest BCUT2D eigenvalue weighted by molar-refractivity contribution is 0.398. The molecule has 0 N–H and O–H groups in total. The summed E-state index contributed by atoms with van der Waals surface area (Å²) in [6, 6.07) is 1.87. The molecule has 0 saturated heterocycles. The predicted octanol–water partition coefficient (Wildman–Crippen LogP) is 2.31. The van der Waals surface area contributed by atoms with Crippen LogP contribution in [0.4, 0.5) is 0 Å². The molecule has 1 heterocycles.